The zero-order valence-corrected chi connectivity index (χ0v) is 13.6. The van der Waals surface area contributed by atoms with E-state index in [-0.39, 0.29) is 5.82 Å². The predicted molar refractivity (Wildman–Crippen MR) is 96.4 cm³/mol. The third-order valence-electron chi connectivity index (χ3n) is 3.71. The van der Waals surface area contributed by atoms with E-state index in [1.165, 1.54) is 17.5 Å². The molecule has 0 saturated heterocycles. The zero-order chi connectivity index (χ0) is 16.8. The van der Waals surface area contributed by atoms with Crippen LogP contribution in [0, 0.1) is 5.82 Å². The van der Waals surface area contributed by atoms with E-state index in [0.29, 0.717) is 13.1 Å². The highest BCUT2D eigenvalue weighted by molar-refractivity contribution is 5.81. The van der Waals surface area contributed by atoms with Crippen molar-refractivity contribution in [3.63, 3.8) is 0 Å². The van der Waals surface area contributed by atoms with Crippen molar-refractivity contribution in [2.75, 3.05) is 6.54 Å². The summed E-state index contributed by atoms with van der Waals surface area (Å²) in [6, 6.07) is 16.7. The molecule has 124 valence electrons. The van der Waals surface area contributed by atoms with E-state index in [9.17, 15) is 4.39 Å². The number of para-hydroxylation sites is 1. The van der Waals surface area contributed by atoms with E-state index in [0.717, 1.165) is 29.3 Å². The number of fused-ring (bicyclic) bond motifs is 1. The molecule has 3 aromatic rings. The molecule has 0 radical (unpaired) electrons. The highest BCUT2D eigenvalue weighted by Gasteiger charge is 2.02. The Hall–Kier alpha value is -2.82. The zero-order valence-electron chi connectivity index (χ0n) is 13.6. The molecule has 5 heteroatoms. The lowest BCUT2D eigenvalue weighted by molar-refractivity contribution is 0.627. The van der Waals surface area contributed by atoms with E-state index in [1.54, 1.807) is 12.1 Å². The first-order chi connectivity index (χ1) is 11.7. The summed E-state index contributed by atoms with van der Waals surface area (Å²) in [4.78, 5) is 7.93. The largest absolute Gasteiger partial charge is 0.357 e. The Morgan fingerprint density at radius 1 is 1.08 bits per heavy atom. The third-order valence-corrected chi connectivity index (χ3v) is 3.71. The predicted octanol–water partition coefficient (Wildman–Crippen LogP) is 3.56. The van der Waals surface area contributed by atoms with Crippen LogP contribution >= 0.6 is 0 Å². The van der Waals surface area contributed by atoms with Gasteiger partial charge in [0, 0.05) is 17.8 Å². The second-order valence-electron chi connectivity index (χ2n) is 5.56. The number of hydrogen-bond acceptors (Lipinski definition) is 1. The summed E-state index contributed by atoms with van der Waals surface area (Å²) in [7, 11) is 0. The minimum absolute atomic E-state index is 0.230. The van der Waals surface area contributed by atoms with E-state index < -0.39 is 0 Å². The Morgan fingerprint density at radius 3 is 2.62 bits per heavy atom. The Labute approximate surface area is 140 Å². The fourth-order valence-electron chi connectivity index (χ4n) is 2.51. The Morgan fingerprint density at radius 2 is 1.88 bits per heavy atom. The molecule has 0 spiro atoms. The van der Waals surface area contributed by atoms with Crippen LogP contribution in [-0.2, 0) is 13.1 Å². The van der Waals surface area contributed by atoms with Gasteiger partial charge in [-0.15, -0.1) is 0 Å². The number of nitrogens with zero attached hydrogens (tertiary/aromatic N) is 1. The van der Waals surface area contributed by atoms with Crippen LogP contribution in [0.4, 0.5) is 4.39 Å². The van der Waals surface area contributed by atoms with Gasteiger partial charge in [-0.05, 0) is 42.1 Å². The van der Waals surface area contributed by atoms with Crippen molar-refractivity contribution in [2.24, 2.45) is 4.99 Å². The summed E-state index contributed by atoms with van der Waals surface area (Å²) < 4.78 is 12.9. The topological polar surface area (TPSA) is 52.2 Å². The molecule has 0 aliphatic heterocycles. The molecular weight excluding hydrogens is 303 g/mol. The van der Waals surface area contributed by atoms with Crippen LogP contribution in [0.5, 0.6) is 0 Å². The first kappa shape index (κ1) is 16.1. The maximum absolute atomic E-state index is 12.9. The van der Waals surface area contributed by atoms with Crippen molar-refractivity contribution in [3.05, 3.63) is 71.7 Å². The molecule has 24 heavy (non-hydrogen) atoms. The van der Waals surface area contributed by atoms with Gasteiger partial charge in [-0.3, -0.25) is 0 Å². The van der Waals surface area contributed by atoms with Gasteiger partial charge in [-0.2, -0.15) is 0 Å². The number of aromatic amines is 1. The van der Waals surface area contributed by atoms with Crippen LogP contribution < -0.4 is 10.6 Å². The molecule has 4 nitrogen and oxygen atoms in total. The Kier molecular flexibility index (Phi) is 5.11. The molecule has 0 unspecified atom stereocenters. The van der Waals surface area contributed by atoms with Gasteiger partial charge in [0.2, 0.25) is 0 Å². The SMILES string of the molecule is CCNC(=NCc1ccc(F)cc1)NCc1cc2ccccc2[nH]1. The van der Waals surface area contributed by atoms with Crippen molar-refractivity contribution in [2.45, 2.75) is 20.0 Å². The summed E-state index contributed by atoms with van der Waals surface area (Å²) in [5.41, 5.74) is 3.20. The highest BCUT2D eigenvalue weighted by atomic mass is 19.1. The molecule has 3 N–H and O–H groups in total. The number of benzene rings is 2. The van der Waals surface area contributed by atoms with Crippen LogP contribution in [0.2, 0.25) is 0 Å². The van der Waals surface area contributed by atoms with Gasteiger partial charge in [-0.1, -0.05) is 30.3 Å². The summed E-state index contributed by atoms with van der Waals surface area (Å²) in [6.07, 6.45) is 0. The van der Waals surface area contributed by atoms with Crippen LogP contribution in [0.25, 0.3) is 10.9 Å². The monoisotopic (exact) mass is 324 g/mol. The van der Waals surface area contributed by atoms with Crippen molar-refractivity contribution < 1.29 is 4.39 Å². The molecule has 2 aromatic carbocycles. The summed E-state index contributed by atoms with van der Waals surface area (Å²) in [6.45, 7) is 3.96. The van der Waals surface area contributed by atoms with Crippen molar-refractivity contribution in [3.8, 4) is 0 Å². The number of hydrogen-bond donors (Lipinski definition) is 3. The molecule has 0 fully saturated rings. The van der Waals surface area contributed by atoms with E-state index in [1.807, 2.05) is 19.1 Å². The number of aromatic nitrogens is 1. The third kappa shape index (κ3) is 4.13. The molecule has 3 rings (SSSR count). The quantitative estimate of drug-likeness (QED) is 0.496. The maximum Gasteiger partial charge on any atom is 0.191 e. The fourth-order valence-corrected chi connectivity index (χ4v) is 2.51. The van der Waals surface area contributed by atoms with Gasteiger partial charge in [0.05, 0.1) is 13.1 Å². The van der Waals surface area contributed by atoms with Crippen molar-refractivity contribution in [1.29, 1.82) is 0 Å². The molecule has 0 atom stereocenters. The number of rotatable bonds is 5. The van der Waals surface area contributed by atoms with Gasteiger partial charge in [0.25, 0.3) is 0 Å². The molecule has 1 aromatic heterocycles. The fraction of sp³-hybridized carbons (Fsp3) is 0.211. The number of halogens is 1. The normalized spacial score (nSPS) is 11.7. The molecule has 0 amide bonds. The minimum Gasteiger partial charge on any atom is -0.357 e. The lowest BCUT2D eigenvalue weighted by atomic mass is 10.2. The van der Waals surface area contributed by atoms with E-state index in [2.05, 4.69) is 38.8 Å². The first-order valence-corrected chi connectivity index (χ1v) is 8.08. The summed E-state index contributed by atoms with van der Waals surface area (Å²) >= 11 is 0. The number of H-pyrrole nitrogens is 1. The van der Waals surface area contributed by atoms with Crippen LogP contribution in [0.15, 0.2) is 59.6 Å². The molecule has 0 aliphatic rings. The van der Waals surface area contributed by atoms with Gasteiger partial charge in [0.15, 0.2) is 5.96 Å². The van der Waals surface area contributed by atoms with Crippen molar-refractivity contribution in [1.82, 2.24) is 15.6 Å². The lowest BCUT2D eigenvalue weighted by Crippen LogP contribution is -2.36. The number of aliphatic imine (C=N–C) groups is 1. The van der Waals surface area contributed by atoms with E-state index in [4.69, 9.17) is 0 Å². The molecule has 0 bridgehead atoms. The highest BCUT2D eigenvalue weighted by Crippen LogP contribution is 2.14. The molecule has 0 aliphatic carbocycles. The molecule has 0 saturated carbocycles. The standard InChI is InChI=1S/C19H21FN4/c1-2-21-19(22-12-14-7-9-16(20)10-8-14)23-13-17-11-15-5-3-4-6-18(15)24-17/h3-11,24H,2,12-13H2,1H3,(H2,21,22,23). The maximum atomic E-state index is 12.9. The summed E-state index contributed by atoms with van der Waals surface area (Å²) in [5.74, 6) is 0.507. The second kappa shape index (κ2) is 7.64. The smallest absolute Gasteiger partial charge is 0.191 e. The second-order valence-corrected chi connectivity index (χ2v) is 5.56. The minimum atomic E-state index is -0.230. The average molecular weight is 324 g/mol. The van der Waals surface area contributed by atoms with Gasteiger partial charge < -0.3 is 15.6 Å². The molecular formula is C19H21FN4. The summed E-state index contributed by atoms with van der Waals surface area (Å²) in [5, 5.41) is 7.73. The van der Waals surface area contributed by atoms with Gasteiger partial charge in [0.1, 0.15) is 5.82 Å². The Bertz CT molecular complexity index is 788. The number of guanidine groups is 1. The Balaban J connectivity index is 1.64. The lowest BCUT2D eigenvalue weighted by Gasteiger charge is -2.10. The van der Waals surface area contributed by atoms with Crippen LogP contribution in [0.3, 0.4) is 0 Å². The van der Waals surface area contributed by atoms with Gasteiger partial charge in [-0.25, -0.2) is 9.38 Å². The first-order valence-electron chi connectivity index (χ1n) is 8.08. The van der Waals surface area contributed by atoms with Crippen LogP contribution in [-0.4, -0.2) is 17.5 Å². The number of nitrogens with one attached hydrogen (secondary N) is 3. The van der Waals surface area contributed by atoms with Crippen molar-refractivity contribution >= 4 is 16.9 Å². The average Bonchev–Trinajstić information content (AvgIpc) is 3.02. The van der Waals surface area contributed by atoms with E-state index >= 15 is 0 Å². The van der Waals surface area contributed by atoms with Gasteiger partial charge >= 0.3 is 0 Å². The molecule has 1 heterocycles. The van der Waals surface area contributed by atoms with Crippen LogP contribution in [0.1, 0.15) is 18.2 Å².